The molecule has 0 radical (unpaired) electrons. The standard InChI is InChI=1S/C13H24N2O8/c1-3-4-10(19)15(13(22)7(2)14)23-6-9(18)12(21)11(20)8(17)5-16/h5,7-9,11-12,17-18,20-21H,3-4,6,14H2,1-2H3/t7-,8-,9+,11+,12+/m0/s1. The summed E-state index contributed by atoms with van der Waals surface area (Å²) in [6.45, 7) is 2.31. The lowest BCUT2D eigenvalue weighted by atomic mass is 10.0. The fourth-order valence-electron chi connectivity index (χ4n) is 1.52. The molecule has 23 heavy (non-hydrogen) atoms. The Kier molecular flexibility index (Phi) is 9.72. The van der Waals surface area contributed by atoms with Crippen molar-refractivity contribution in [3.05, 3.63) is 0 Å². The van der Waals surface area contributed by atoms with Crippen molar-refractivity contribution in [2.45, 2.75) is 57.1 Å². The van der Waals surface area contributed by atoms with Crippen LogP contribution in [0.25, 0.3) is 0 Å². The summed E-state index contributed by atoms with van der Waals surface area (Å²) in [6.07, 6.45) is -7.11. The normalized spacial score (nSPS) is 17.7. The summed E-state index contributed by atoms with van der Waals surface area (Å²) in [5, 5.41) is 38.1. The SMILES string of the molecule is CCCC(=O)N(OC[C@@H](O)[C@@H](O)[C@H](O)[C@@H](O)C=O)C(=O)[C@H](C)N. The summed E-state index contributed by atoms with van der Waals surface area (Å²) in [4.78, 5) is 38.8. The predicted octanol–water partition coefficient (Wildman–Crippen LogP) is -2.94. The van der Waals surface area contributed by atoms with Gasteiger partial charge in [-0.1, -0.05) is 6.92 Å². The van der Waals surface area contributed by atoms with E-state index < -0.39 is 48.9 Å². The highest BCUT2D eigenvalue weighted by Crippen LogP contribution is 2.08. The minimum Gasteiger partial charge on any atom is -0.388 e. The molecule has 0 heterocycles. The van der Waals surface area contributed by atoms with E-state index in [2.05, 4.69) is 0 Å². The van der Waals surface area contributed by atoms with Gasteiger partial charge in [-0.3, -0.25) is 14.4 Å². The lowest BCUT2D eigenvalue weighted by Crippen LogP contribution is -2.50. The number of aliphatic hydroxyl groups is 4. The molecule has 0 aliphatic carbocycles. The Balaban J connectivity index is 4.80. The maximum atomic E-state index is 11.8. The Hall–Kier alpha value is -1.43. The number of rotatable bonds is 10. The largest absolute Gasteiger partial charge is 0.388 e. The number of carbonyl (C=O) groups excluding carboxylic acids is 3. The van der Waals surface area contributed by atoms with Gasteiger partial charge in [0.1, 0.15) is 31.0 Å². The molecular formula is C13H24N2O8. The van der Waals surface area contributed by atoms with Crippen molar-refractivity contribution in [2.24, 2.45) is 5.73 Å². The molecule has 0 aromatic heterocycles. The maximum absolute atomic E-state index is 11.8. The van der Waals surface area contributed by atoms with Crippen LogP contribution in [-0.2, 0) is 19.2 Å². The smallest absolute Gasteiger partial charge is 0.270 e. The first-order valence-corrected chi connectivity index (χ1v) is 7.10. The summed E-state index contributed by atoms with van der Waals surface area (Å²) < 4.78 is 0. The van der Waals surface area contributed by atoms with Gasteiger partial charge in [0.15, 0.2) is 6.29 Å². The quantitative estimate of drug-likeness (QED) is 0.207. The van der Waals surface area contributed by atoms with E-state index in [1.54, 1.807) is 6.92 Å². The second kappa shape index (κ2) is 10.4. The third-order valence-electron chi connectivity index (χ3n) is 2.89. The van der Waals surface area contributed by atoms with E-state index in [9.17, 15) is 29.7 Å². The van der Waals surface area contributed by atoms with Crippen LogP contribution in [-0.4, -0.2) is 80.7 Å². The number of aliphatic hydroxyl groups excluding tert-OH is 4. The molecule has 0 unspecified atom stereocenters. The molecule has 0 fully saturated rings. The van der Waals surface area contributed by atoms with Crippen LogP contribution in [0.3, 0.4) is 0 Å². The number of nitrogens with zero attached hydrogens (tertiary/aromatic N) is 1. The first-order chi connectivity index (χ1) is 10.7. The number of imide groups is 1. The monoisotopic (exact) mass is 336 g/mol. The van der Waals surface area contributed by atoms with Gasteiger partial charge in [-0.25, -0.2) is 0 Å². The number of hydroxylamine groups is 2. The molecule has 0 spiro atoms. The van der Waals surface area contributed by atoms with Crippen LogP contribution in [0.4, 0.5) is 0 Å². The summed E-state index contributed by atoms with van der Waals surface area (Å²) in [5.41, 5.74) is 5.40. The third-order valence-corrected chi connectivity index (χ3v) is 2.89. The summed E-state index contributed by atoms with van der Waals surface area (Å²) in [7, 11) is 0. The molecule has 5 atom stereocenters. The van der Waals surface area contributed by atoms with Crippen LogP contribution in [0.5, 0.6) is 0 Å². The fraction of sp³-hybridized carbons (Fsp3) is 0.769. The topological polar surface area (TPSA) is 171 Å². The van der Waals surface area contributed by atoms with E-state index in [4.69, 9.17) is 15.7 Å². The van der Waals surface area contributed by atoms with Gasteiger partial charge in [0.25, 0.3) is 11.8 Å². The van der Waals surface area contributed by atoms with Crippen LogP contribution in [0, 0.1) is 0 Å². The lowest BCUT2D eigenvalue weighted by molar-refractivity contribution is -0.210. The second-order valence-corrected chi connectivity index (χ2v) is 5.04. The summed E-state index contributed by atoms with van der Waals surface area (Å²) in [5.74, 6) is -1.51. The van der Waals surface area contributed by atoms with E-state index in [1.807, 2.05) is 0 Å². The van der Waals surface area contributed by atoms with Gasteiger partial charge in [0, 0.05) is 6.42 Å². The zero-order valence-corrected chi connectivity index (χ0v) is 13.0. The van der Waals surface area contributed by atoms with E-state index in [-0.39, 0.29) is 12.7 Å². The van der Waals surface area contributed by atoms with Gasteiger partial charge in [0.05, 0.1) is 6.04 Å². The second-order valence-electron chi connectivity index (χ2n) is 5.04. The molecule has 10 nitrogen and oxygen atoms in total. The Bertz CT molecular complexity index is 403. The Morgan fingerprint density at radius 2 is 1.78 bits per heavy atom. The molecule has 2 amide bonds. The number of aldehydes is 1. The van der Waals surface area contributed by atoms with Gasteiger partial charge in [-0.15, -0.1) is 0 Å². The van der Waals surface area contributed by atoms with Crippen molar-refractivity contribution in [2.75, 3.05) is 6.61 Å². The van der Waals surface area contributed by atoms with Crippen LogP contribution in [0.15, 0.2) is 0 Å². The zero-order chi connectivity index (χ0) is 18.2. The van der Waals surface area contributed by atoms with Crippen molar-refractivity contribution in [3.8, 4) is 0 Å². The molecule has 0 aliphatic heterocycles. The summed E-state index contributed by atoms with van der Waals surface area (Å²) in [6, 6.07) is -1.03. The number of hydrogen-bond acceptors (Lipinski definition) is 9. The van der Waals surface area contributed by atoms with E-state index in [0.29, 0.717) is 11.5 Å². The van der Waals surface area contributed by atoms with Crippen molar-refractivity contribution >= 4 is 18.1 Å². The van der Waals surface area contributed by atoms with Crippen molar-refractivity contribution in [1.82, 2.24) is 5.06 Å². The third kappa shape index (κ3) is 6.69. The van der Waals surface area contributed by atoms with Gasteiger partial charge >= 0.3 is 0 Å². The van der Waals surface area contributed by atoms with Crippen LogP contribution >= 0.6 is 0 Å². The van der Waals surface area contributed by atoms with Gasteiger partial charge < -0.3 is 31.0 Å². The molecule has 0 aromatic rings. The predicted molar refractivity (Wildman–Crippen MR) is 76.5 cm³/mol. The molecular weight excluding hydrogens is 312 g/mol. The first kappa shape index (κ1) is 21.6. The Morgan fingerprint density at radius 3 is 2.22 bits per heavy atom. The van der Waals surface area contributed by atoms with Crippen LogP contribution in [0.2, 0.25) is 0 Å². The fourth-order valence-corrected chi connectivity index (χ4v) is 1.52. The summed E-state index contributed by atoms with van der Waals surface area (Å²) >= 11 is 0. The van der Waals surface area contributed by atoms with Gasteiger partial charge in [0.2, 0.25) is 0 Å². The molecule has 0 saturated heterocycles. The van der Waals surface area contributed by atoms with Gasteiger partial charge in [-0.2, -0.15) is 5.06 Å². The highest BCUT2D eigenvalue weighted by molar-refractivity contribution is 5.96. The Morgan fingerprint density at radius 1 is 1.22 bits per heavy atom. The highest BCUT2D eigenvalue weighted by atomic mass is 16.7. The number of hydrogen-bond donors (Lipinski definition) is 5. The van der Waals surface area contributed by atoms with E-state index in [0.717, 1.165) is 0 Å². The minimum atomic E-state index is -1.95. The molecule has 10 heteroatoms. The molecule has 0 saturated carbocycles. The molecule has 0 rings (SSSR count). The van der Waals surface area contributed by atoms with Crippen molar-refractivity contribution in [1.29, 1.82) is 0 Å². The van der Waals surface area contributed by atoms with Crippen LogP contribution < -0.4 is 5.73 Å². The van der Waals surface area contributed by atoms with Crippen molar-refractivity contribution < 1.29 is 39.6 Å². The van der Waals surface area contributed by atoms with Gasteiger partial charge in [-0.05, 0) is 13.3 Å². The highest BCUT2D eigenvalue weighted by Gasteiger charge is 2.32. The van der Waals surface area contributed by atoms with E-state index >= 15 is 0 Å². The average Bonchev–Trinajstić information content (AvgIpc) is 2.52. The average molecular weight is 336 g/mol. The van der Waals surface area contributed by atoms with Crippen molar-refractivity contribution in [3.63, 3.8) is 0 Å². The first-order valence-electron chi connectivity index (χ1n) is 7.10. The number of amides is 2. The molecule has 0 aliphatic rings. The maximum Gasteiger partial charge on any atom is 0.270 e. The van der Waals surface area contributed by atoms with E-state index in [1.165, 1.54) is 6.92 Å². The Labute approximate surface area is 133 Å². The molecule has 0 aromatic carbocycles. The lowest BCUT2D eigenvalue weighted by Gasteiger charge is -2.27. The minimum absolute atomic E-state index is 0.00356. The molecule has 134 valence electrons. The molecule has 6 N–H and O–H groups in total. The van der Waals surface area contributed by atoms with Crippen LogP contribution in [0.1, 0.15) is 26.7 Å². The molecule has 0 bridgehead atoms. The zero-order valence-electron chi connectivity index (χ0n) is 13.0. The number of nitrogens with two attached hydrogens (primary N) is 1. The number of carbonyl (C=O) groups is 3.